The maximum atomic E-state index is 12.1. The minimum atomic E-state index is -0.303. The first-order chi connectivity index (χ1) is 10.7. The van der Waals surface area contributed by atoms with Crippen molar-refractivity contribution >= 4 is 34.5 Å². The molecule has 1 aliphatic rings. The largest absolute Gasteiger partial charge is 0.469 e. The number of ether oxygens (including phenoxy) is 1. The lowest BCUT2D eigenvalue weighted by Gasteiger charge is -2.24. The molecule has 114 valence electrons. The minimum Gasteiger partial charge on any atom is -0.469 e. The molecule has 1 fully saturated rings. The molecule has 0 spiro atoms. The smallest absolute Gasteiger partial charge is 0.307 e. The van der Waals surface area contributed by atoms with Gasteiger partial charge in [0.25, 0.3) is 0 Å². The fraction of sp³-hybridized carbons (Fsp3) is 0.312. The molecule has 0 N–H and O–H groups in total. The molecule has 0 saturated carbocycles. The minimum absolute atomic E-state index is 0.0554. The van der Waals surface area contributed by atoms with E-state index in [0.717, 1.165) is 16.5 Å². The number of amides is 1. The molecule has 6 heteroatoms. The molecule has 0 radical (unpaired) electrons. The number of nitrogens with zero attached hydrogens (tertiary/aromatic N) is 2. The second-order valence-electron chi connectivity index (χ2n) is 4.99. The van der Waals surface area contributed by atoms with Gasteiger partial charge in [0.05, 0.1) is 24.8 Å². The molecule has 0 bridgehead atoms. The second kappa shape index (κ2) is 6.36. The van der Waals surface area contributed by atoms with Gasteiger partial charge in [0.1, 0.15) is 5.37 Å². The molecule has 1 atom stereocenters. The van der Waals surface area contributed by atoms with Gasteiger partial charge < -0.3 is 9.64 Å². The van der Waals surface area contributed by atoms with Crippen molar-refractivity contribution in [1.82, 2.24) is 9.88 Å². The van der Waals surface area contributed by atoms with Gasteiger partial charge in [-0.2, -0.15) is 0 Å². The number of carbonyl (C=O) groups excluding carboxylic acids is 2. The standard InChI is InChI=1S/C16H16N2O3S/c1-21-15(20)7-9-18-14(19)10-22-16(18)12-6-8-17-13-5-3-2-4-11(12)13/h2-6,8,16H,7,9-10H2,1H3. The molecule has 1 aromatic heterocycles. The zero-order valence-corrected chi connectivity index (χ0v) is 13.0. The molecule has 0 aliphatic carbocycles. The van der Waals surface area contributed by atoms with Gasteiger partial charge in [0.2, 0.25) is 5.91 Å². The summed E-state index contributed by atoms with van der Waals surface area (Å²) in [6, 6.07) is 9.83. The van der Waals surface area contributed by atoms with Crippen molar-refractivity contribution in [2.75, 3.05) is 19.4 Å². The zero-order chi connectivity index (χ0) is 15.5. The number of pyridine rings is 1. The number of methoxy groups -OCH3 is 1. The number of rotatable bonds is 4. The molecule has 22 heavy (non-hydrogen) atoms. The summed E-state index contributed by atoms with van der Waals surface area (Å²) >= 11 is 1.58. The number of thioether (sulfide) groups is 1. The van der Waals surface area contributed by atoms with E-state index >= 15 is 0 Å². The molecule has 1 amide bonds. The normalized spacial score (nSPS) is 18.0. The fourth-order valence-electron chi connectivity index (χ4n) is 2.60. The number of fused-ring (bicyclic) bond motifs is 1. The highest BCUT2D eigenvalue weighted by atomic mass is 32.2. The van der Waals surface area contributed by atoms with Crippen molar-refractivity contribution in [2.24, 2.45) is 0 Å². The lowest BCUT2D eigenvalue weighted by molar-refractivity contribution is -0.141. The number of para-hydroxylation sites is 1. The predicted molar refractivity (Wildman–Crippen MR) is 85.3 cm³/mol. The number of hydrogen-bond acceptors (Lipinski definition) is 5. The van der Waals surface area contributed by atoms with E-state index in [1.54, 1.807) is 22.9 Å². The van der Waals surface area contributed by atoms with Gasteiger partial charge in [-0.1, -0.05) is 18.2 Å². The van der Waals surface area contributed by atoms with Gasteiger partial charge in [-0.3, -0.25) is 14.6 Å². The SMILES string of the molecule is COC(=O)CCN1C(=O)CSC1c1ccnc2ccccc12. The highest BCUT2D eigenvalue weighted by Gasteiger charge is 2.33. The number of hydrogen-bond donors (Lipinski definition) is 0. The molecule has 1 saturated heterocycles. The predicted octanol–water partition coefficient (Wildman–Crippen LogP) is 2.37. The first-order valence-corrected chi connectivity index (χ1v) is 8.07. The summed E-state index contributed by atoms with van der Waals surface area (Å²) in [7, 11) is 1.36. The average molecular weight is 316 g/mol. The Labute approximate surface area is 132 Å². The first kappa shape index (κ1) is 14.8. The Morgan fingerprint density at radius 3 is 3.05 bits per heavy atom. The summed E-state index contributed by atoms with van der Waals surface area (Å²) in [6.45, 7) is 0.375. The van der Waals surface area contributed by atoms with Crippen molar-refractivity contribution < 1.29 is 14.3 Å². The van der Waals surface area contributed by atoms with Crippen molar-refractivity contribution in [3.63, 3.8) is 0 Å². The van der Waals surface area contributed by atoms with Gasteiger partial charge in [-0.25, -0.2) is 0 Å². The van der Waals surface area contributed by atoms with Crippen LogP contribution >= 0.6 is 11.8 Å². The summed E-state index contributed by atoms with van der Waals surface area (Å²) in [4.78, 5) is 29.6. The number of benzene rings is 1. The molecule has 1 aliphatic heterocycles. The van der Waals surface area contributed by atoms with Gasteiger partial charge in [0, 0.05) is 18.1 Å². The van der Waals surface area contributed by atoms with E-state index in [1.165, 1.54) is 7.11 Å². The van der Waals surface area contributed by atoms with Crippen molar-refractivity contribution in [3.05, 3.63) is 42.1 Å². The Morgan fingerprint density at radius 1 is 1.41 bits per heavy atom. The highest BCUT2D eigenvalue weighted by molar-refractivity contribution is 8.00. The maximum absolute atomic E-state index is 12.1. The number of aromatic nitrogens is 1. The lowest BCUT2D eigenvalue weighted by Crippen LogP contribution is -2.30. The Bertz CT molecular complexity index is 714. The molecular formula is C16H16N2O3S. The topological polar surface area (TPSA) is 59.5 Å². The van der Waals surface area contributed by atoms with Crippen LogP contribution < -0.4 is 0 Å². The Balaban J connectivity index is 1.91. The van der Waals surface area contributed by atoms with Crippen molar-refractivity contribution in [2.45, 2.75) is 11.8 Å². The third-order valence-electron chi connectivity index (χ3n) is 3.70. The van der Waals surface area contributed by atoms with E-state index in [4.69, 9.17) is 0 Å². The zero-order valence-electron chi connectivity index (χ0n) is 12.2. The van der Waals surface area contributed by atoms with Crippen LogP contribution in [0.1, 0.15) is 17.4 Å². The van der Waals surface area contributed by atoms with E-state index in [9.17, 15) is 9.59 Å². The highest BCUT2D eigenvalue weighted by Crippen LogP contribution is 2.40. The summed E-state index contributed by atoms with van der Waals surface area (Å²) < 4.78 is 4.66. The Kier molecular flexibility index (Phi) is 4.29. The van der Waals surface area contributed by atoms with E-state index in [2.05, 4.69) is 9.72 Å². The van der Waals surface area contributed by atoms with E-state index in [-0.39, 0.29) is 23.7 Å². The van der Waals surface area contributed by atoms with E-state index in [1.807, 2.05) is 30.3 Å². The van der Waals surface area contributed by atoms with Gasteiger partial charge in [0.15, 0.2) is 0 Å². The Morgan fingerprint density at radius 2 is 2.23 bits per heavy atom. The quantitative estimate of drug-likeness (QED) is 0.811. The molecule has 2 aromatic rings. The van der Waals surface area contributed by atoms with Crippen LogP contribution in [0.2, 0.25) is 0 Å². The van der Waals surface area contributed by atoms with Crippen LogP contribution in [-0.4, -0.2) is 41.2 Å². The molecule has 3 rings (SSSR count). The van der Waals surface area contributed by atoms with E-state index < -0.39 is 0 Å². The fourth-order valence-corrected chi connectivity index (χ4v) is 3.85. The Hall–Kier alpha value is -2.08. The van der Waals surface area contributed by atoms with Crippen LogP contribution in [0.15, 0.2) is 36.5 Å². The number of carbonyl (C=O) groups is 2. The summed E-state index contributed by atoms with van der Waals surface area (Å²) in [5, 5.41) is 0.963. The second-order valence-corrected chi connectivity index (χ2v) is 6.06. The van der Waals surface area contributed by atoms with Crippen LogP contribution in [0, 0.1) is 0 Å². The first-order valence-electron chi connectivity index (χ1n) is 7.02. The number of esters is 1. The summed E-state index contributed by atoms with van der Waals surface area (Å²) in [5.41, 5.74) is 1.97. The van der Waals surface area contributed by atoms with Crippen molar-refractivity contribution in [1.29, 1.82) is 0 Å². The van der Waals surface area contributed by atoms with Crippen molar-refractivity contribution in [3.8, 4) is 0 Å². The van der Waals surface area contributed by atoms with Gasteiger partial charge in [-0.05, 0) is 17.7 Å². The molecular weight excluding hydrogens is 300 g/mol. The van der Waals surface area contributed by atoms with Crippen LogP contribution in [-0.2, 0) is 14.3 Å². The third-order valence-corrected chi connectivity index (χ3v) is 4.94. The van der Waals surface area contributed by atoms with Gasteiger partial charge >= 0.3 is 5.97 Å². The maximum Gasteiger partial charge on any atom is 0.307 e. The van der Waals surface area contributed by atoms with Crippen LogP contribution in [0.3, 0.4) is 0 Å². The van der Waals surface area contributed by atoms with Crippen LogP contribution in [0.25, 0.3) is 10.9 Å². The monoisotopic (exact) mass is 316 g/mol. The average Bonchev–Trinajstić information content (AvgIpc) is 2.92. The molecule has 1 unspecified atom stereocenters. The van der Waals surface area contributed by atoms with Gasteiger partial charge in [-0.15, -0.1) is 11.8 Å². The lowest BCUT2D eigenvalue weighted by atomic mass is 10.1. The summed E-state index contributed by atoms with van der Waals surface area (Å²) in [6.07, 6.45) is 1.97. The summed E-state index contributed by atoms with van der Waals surface area (Å²) in [5.74, 6) is 0.186. The molecule has 2 heterocycles. The molecule has 1 aromatic carbocycles. The van der Waals surface area contributed by atoms with Crippen LogP contribution in [0.4, 0.5) is 0 Å². The van der Waals surface area contributed by atoms with E-state index in [0.29, 0.717) is 12.3 Å². The third kappa shape index (κ3) is 2.78. The molecule has 5 nitrogen and oxygen atoms in total. The van der Waals surface area contributed by atoms with Crippen LogP contribution in [0.5, 0.6) is 0 Å².